The lowest BCUT2D eigenvalue weighted by molar-refractivity contribution is 0.0846. The number of aliphatic hydroxyl groups is 1. The molecule has 1 amide bonds. The number of halogens is 1. The molecule has 1 unspecified atom stereocenters. The molecule has 4 rings (SSSR count). The molecule has 2 aliphatic rings. The molecule has 2 aliphatic heterocycles. The van der Waals surface area contributed by atoms with Gasteiger partial charge < -0.3 is 25.4 Å². The Kier molecular flexibility index (Phi) is 6.95. The van der Waals surface area contributed by atoms with Gasteiger partial charge in [0.15, 0.2) is 0 Å². The number of nitrogens with one attached hydrogen (secondary N) is 2. The Morgan fingerprint density at radius 3 is 2.71 bits per heavy atom. The van der Waals surface area contributed by atoms with Crippen LogP contribution in [0.3, 0.4) is 0 Å². The van der Waals surface area contributed by atoms with Crippen LogP contribution in [0, 0.1) is 12.9 Å². The third kappa shape index (κ3) is 4.42. The second-order valence-electron chi connectivity index (χ2n) is 9.10. The molecule has 1 aromatic heterocycles. The summed E-state index contributed by atoms with van der Waals surface area (Å²) in [6, 6.07) is 1.91. The molecule has 1 fully saturated rings. The van der Waals surface area contributed by atoms with Crippen LogP contribution >= 0.6 is 0 Å². The van der Waals surface area contributed by atoms with Gasteiger partial charge in [0, 0.05) is 56.2 Å². The van der Waals surface area contributed by atoms with Gasteiger partial charge in [-0.1, -0.05) is 0 Å². The smallest absolute Gasteiger partial charge is 0.251 e. The van der Waals surface area contributed by atoms with Crippen LogP contribution in [0.25, 0.3) is 10.9 Å². The molecule has 0 saturated carbocycles. The molecule has 0 radical (unpaired) electrons. The van der Waals surface area contributed by atoms with E-state index in [-0.39, 0.29) is 18.5 Å². The highest BCUT2D eigenvalue weighted by Gasteiger charge is 2.29. The second kappa shape index (κ2) is 9.76. The van der Waals surface area contributed by atoms with Crippen molar-refractivity contribution in [2.75, 3.05) is 31.2 Å². The molecular formula is C25H34FN5O3. The van der Waals surface area contributed by atoms with Gasteiger partial charge in [0.1, 0.15) is 6.23 Å². The fourth-order valence-corrected chi connectivity index (χ4v) is 5.12. The maximum atomic E-state index is 15.0. The molecule has 0 bridgehead atoms. The molecule has 2 aromatic rings. The third-order valence-corrected chi connectivity index (χ3v) is 6.90. The molecule has 184 valence electrons. The first kappa shape index (κ1) is 24.2. The number of hydrogen-bond donors (Lipinski definition) is 3. The Labute approximate surface area is 199 Å². The van der Waals surface area contributed by atoms with E-state index in [1.165, 1.54) is 4.68 Å². The van der Waals surface area contributed by atoms with Crippen LogP contribution in [0.4, 0.5) is 10.1 Å². The van der Waals surface area contributed by atoms with Gasteiger partial charge in [-0.3, -0.25) is 9.48 Å². The standard InChI is InChI=1S/C25H34FN5O3/c1-6-31(17-7-9-34-10-8-17)22-16(4)18(12-20-21(22)23(26)29-30(20)5)24(32)27-13-19-14(2)11-15(3)28-25(19)33/h11-12,17,25,28,33H,6-10,13H2,1-5H3,(H,27,32). The first-order valence-electron chi connectivity index (χ1n) is 11.8. The molecule has 3 heterocycles. The quantitative estimate of drug-likeness (QED) is 0.600. The van der Waals surface area contributed by atoms with Crippen molar-refractivity contribution in [1.82, 2.24) is 20.4 Å². The number of allylic oxidation sites excluding steroid dienone is 3. The van der Waals surface area contributed by atoms with Gasteiger partial charge >= 0.3 is 0 Å². The zero-order valence-electron chi connectivity index (χ0n) is 20.5. The van der Waals surface area contributed by atoms with Crippen LogP contribution in [-0.4, -0.2) is 59.4 Å². The van der Waals surface area contributed by atoms with Gasteiger partial charge in [0.25, 0.3) is 5.91 Å². The first-order valence-corrected chi connectivity index (χ1v) is 11.8. The Balaban J connectivity index is 1.73. The number of aliphatic hydroxyl groups excluding tert-OH is 1. The number of aromatic nitrogens is 2. The van der Waals surface area contributed by atoms with E-state index in [9.17, 15) is 9.90 Å². The number of hydrogen-bond acceptors (Lipinski definition) is 6. The largest absolute Gasteiger partial charge is 0.381 e. The van der Waals surface area contributed by atoms with Gasteiger partial charge in [0.05, 0.1) is 16.6 Å². The number of amides is 1. The summed E-state index contributed by atoms with van der Waals surface area (Å²) in [5.74, 6) is -0.809. The molecule has 8 nitrogen and oxygen atoms in total. The van der Waals surface area contributed by atoms with Crippen molar-refractivity contribution >= 4 is 22.5 Å². The predicted octanol–water partition coefficient (Wildman–Crippen LogP) is 2.90. The fourth-order valence-electron chi connectivity index (χ4n) is 5.12. The highest BCUT2D eigenvalue weighted by atomic mass is 19.1. The van der Waals surface area contributed by atoms with Gasteiger partial charge in [-0.25, -0.2) is 0 Å². The molecule has 1 aromatic carbocycles. The van der Waals surface area contributed by atoms with Crippen molar-refractivity contribution in [3.8, 4) is 0 Å². The zero-order chi connectivity index (χ0) is 24.6. The maximum Gasteiger partial charge on any atom is 0.251 e. The van der Waals surface area contributed by atoms with Crippen molar-refractivity contribution in [3.05, 3.63) is 46.1 Å². The monoisotopic (exact) mass is 471 g/mol. The topological polar surface area (TPSA) is 91.7 Å². The Morgan fingerprint density at radius 2 is 2.06 bits per heavy atom. The minimum atomic E-state index is -0.847. The molecule has 0 aliphatic carbocycles. The number of fused-ring (bicyclic) bond motifs is 1. The normalized spacial score (nSPS) is 19.3. The van der Waals surface area contributed by atoms with E-state index < -0.39 is 12.2 Å². The van der Waals surface area contributed by atoms with E-state index in [1.807, 2.05) is 33.8 Å². The number of carbonyl (C=O) groups is 1. The second-order valence-corrected chi connectivity index (χ2v) is 9.10. The lowest BCUT2D eigenvalue weighted by atomic mass is 9.97. The number of rotatable bonds is 6. The summed E-state index contributed by atoms with van der Waals surface area (Å²) >= 11 is 0. The summed E-state index contributed by atoms with van der Waals surface area (Å²) in [5.41, 5.74) is 4.98. The molecular weight excluding hydrogens is 437 g/mol. The van der Waals surface area contributed by atoms with E-state index >= 15 is 4.39 Å². The molecule has 1 atom stereocenters. The number of anilines is 1. The molecule has 3 N–H and O–H groups in total. The number of nitrogens with zero attached hydrogens (tertiary/aromatic N) is 3. The minimum absolute atomic E-state index is 0.199. The minimum Gasteiger partial charge on any atom is -0.381 e. The summed E-state index contributed by atoms with van der Waals surface area (Å²) in [5, 5.41) is 20.8. The van der Waals surface area contributed by atoms with Crippen LogP contribution in [0.1, 0.15) is 49.5 Å². The van der Waals surface area contributed by atoms with Crippen LogP contribution in [0.2, 0.25) is 0 Å². The summed E-state index contributed by atoms with van der Waals surface area (Å²) in [4.78, 5) is 15.6. The van der Waals surface area contributed by atoms with Crippen LogP contribution in [0.5, 0.6) is 0 Å². The van der Waals surface area contributed by atoms with Gasteiger partial charge in [-0.2, -0.15) is 4.39 Å². The van der Waals surface area contributed by atoms with Crippen molar-refractivity contribution in [2.24, 2.45) is 7.05 Å². The summed E-state index contributed by atoms with van der Waals surface area (Å²) in [7, 11) is 1.68. The predicted molar refractivity (Wildman–Crippen MR) is 130 cm³/mol. The Bertz CT molecular complexity index is 1160. The first-order chi connectivity index (χ1) is 16.2. The van der Waals surface area contributed by atoms with Crippen LogP contribution in [0.15, 0.2) is 29.0 Å². The van der Waals surface area contributed by atoms with Crippen molar-refractivity contribution in [1.29, 1.82) is 0 Å². The van der Waals surface area contributed by atoms with E-state index in [0.717, 1.165) is 29.8 Å². The van der Waals surface area contributed by atoms with Crippen molar-refractivity contribution in [2.45, 2.75) is 52.8 Å². The SMILES string of the molecule is CCN(c1c(C)c(C(=O)NCC2=C(C)C=C(C)NC2O)cc2c1c(F)nn2C)C1CCOCC1. The number of ether oxygens (including phenoxy) is 1. The van der Waals surface area contributed by atoms with Crippen molar-refractivity contribution < 1.29 is 19.0 Å². The molecule has 34 heavy (non-hydrogen) atoms. The number of carbonyl (C=O) groups excluding carboxylic acids is 1. The van der Waals surface area contributed by atoms with Crippen LogP contribution < -0.4 is 15.5 Å². The Hall–Kier alpha value is -2.91. The van der Waals surface area contributed by atoms with E-state index in [4.69, 9.17) is 4.74 Å². The fraction of sp³-hybridized carbons (Fsp3) is 0.520. The lowest BCUT2D eigenvalue weighted by Crippen LogP contribution is -2.40. The van der Waals surface area contributed by atoms with Crippen LogP contribution in [-0.2, 0) is 11.8 Å². The van der Waals surface area contributed by atoms with Crippen molar-refractivity contribution in [3.63, 3.8) is 0 Å². The molecule has 0 spiro atoms. The van der Waals surface area contributed by atoms with E-state index in [0.29, 0.717) is 47.4 Å². The van der Waals surface area contributed by atoms with Gasteiger partial charge in [0.2, 0.25) is 5.95 Å². The summed E-state index contributed by atoms with van der Waals surface area (Å²) in [6.45, 7) is 9.91. The number of dihydropyridines is 1. The average molecular weight is 472 g/mol. The molecule has 1 saturated heterocycles. The average Bonchev–Trinajstić information content (AvgIpc) is 3.08. The zero-order valence-corrected chi connectivity index (χ0v) is 20.5. The molecule has 9 heteroatoms. The van der Waals surface area contributed by atoms with E-state index in [1.54, 1.807) is 13.1 Å². The number of benzene rings is 1. The third-order valence-electron chi connectivity index (χ3n) is 6.90. The van der Waals surface area contributed by atoms with E-state index in [2.05, 4.69) is 20.6 Å². The summed E-state index contributed by atoms with van der Waals surface area (Å²) in [6.07, 6.45) is 2.78. The maximum absolute atomic E-state index is 15.0. The summed E-state index contributed by atoms with van der Waals surface area (Å²) < 4.78 is 22.0. The van der Waals surface area contributed by atoms with Gasteiger partial charge in [-0.05, 0) is 63.8 Å². The highest BCUT2D eigenvalue weighted by Crippen LogP contribution is 2.37. The Morgan fingerprint density at radius 1 is 1.35 bits per heavy atom. The van der Waals surface area contributed by atoms with Gasteiger partial charge in [-0.15, -0.1) is 5.10 Å². The highest BCUT2D eigenvalue weighted by molar-refractivity contribution is 6.05. The number of aryl methyl sites for hydroxylation is 1. The lowest BCUT2D eigenvalue weighted by Gasteiger charge is -2.37.